The van der Waals surface area contributed by atoms with Crippen molar-refractivity contribution in [2.45, 2.75) is 24.9 Å². The van der Waals surface area contributed by atoms with Crippen LogP contribution < -0.4 is 5.32 Å². The monoisotopic (exact) mass is 403 g/mol. The van der Waals surface area contributed by atoms with E-state index in [1.54, 1.807) is 9.80 Å². The first kappa shape index (κ1) is 18.4. The van der Waals surface area contributed by atoms with Crippen molar-refractivity contribution in [1.29, 1.82) is 0 Å². The Labute approximate surface area is 172 Å². The number of hydrogen-bond donors (Lipinski definition) is 2. The highest BCUT2D eigenvalue weighted by atomic mass is 16.2. The molecule has 0 aliphatic carbocycles. The number of urea groups is 1. The summed E-state index contributed by atoms with van der Waals surface area (Å²) >= 11 is 0. The van der Waals surface area contributed by atoms with Crippen molar-refractivity contribution in [3.05, 3.63) is 65.9 Å². The Morgan fingerprint density at radius 1 is 1.00 bits per heavy atom. The van der Waals surface area contributed by atoms with Crippen molar-refractivity contribution in [1.82, 2.24) is 25.3 Å². The SMILES string of the molecule is O=C(c1n[nH]c2ccccc12)N1CCC2(CC1)C(=O)NC(=O)N2Cc1ccccc1. The lowest BCUT2D eigenvalue weighted by atomic mass is 9.85. The lowest BCUT2D eigenvalue weighted by molar-refractivity contribution is -0.129. The van der Waals surface area contributed by atoms with Crippen LogP contribution in [0.4, 0.5) is 4.79 Å². The van der Waals surface area contributed by atoms with Crippen LogP contribution in [0.3, 0.4) is 0 Å². The van der Waals surface area contributed by atoms with Crippen molar-refractivity contribution >= 4 is 28.7 Å². The molecule has 3 heterocycles. The zero-order valence-corrected chi connectivity index (χ0v) is 16.3. The molecule has 2 aliphatic rings. The number of nitrogens with one attached hydrogen (secondary N) is 2. The van der Waals surface area contributed by atoms with Crippen molar-refractivity contribution in [3.63, 3.8) is 0 Å². The standard InChI is InChI=1S/C22H21N5O3/c28-19(18-16-8-4-5-9-17(16)24-25-18)26-12-10-22(11-13-26)20(29)23-21(30)27(22)14-15-6-2-1-3-7-15/h1-9H,10-14H2,(H,24,25)(H,23,29,30). The van der Waals surface area contributed by atoms with E-state index in [0.717, 1.165) is 16.5 Å². The van der Waals surface area contributed by atoms with E-state index in [9.17, 15) is 14.4 Å². The Bertz CT molecular complexity index is 1130. The molecule has 2 aliphatic heterocycles. The maximum absolute atomic E-state index is 13.1. The average Bonchev–Trinajstić information content (AvgIpc) is 3.30. The molecule has 1 spiro atoms. The van der Waals surface area contributed by atoms with E-state index in [2.05, 4.69) is 15.5 Å². The fourth-order valence-electron chi connectivity index (χ4n) is 4.44. The third kappa shape index (κ3) is 2.83. The van der Waals surface area contributed by atoms with Gasteiger partial charge in [-0.2, -0.15) is 5.10 Å². The molecule has 2 aromatic carbocycles. The van der Waals surface area contributed by atoms with Crippen molar-refractivity contribution in [2.75, 3.05) is 13.1 Å². The van der Waals surface area contributed by atoms with Gasteiger partial charge in [0, 0.05) is 25.0 Å². The summed E-state index contributed by atoms with van der Waals surface area (Å²) in [6, 6.07) is 16.7. The van der Waals surface area contributed by atoms with Crippen LogP contribution in [0.15, 0.2) is 54.6 Å². The molecule has 0 unspecified atom stereocenters. The highest BCUT2D eigenvalue weighted by molar-refractivity contribution is 6.08. The van der Waals surface area contributed by atoms with Gasteiger partial charge in [0.05, 0.1) is 5.52 Å². The predicted octanol–water partition coefficient (Wildman–Crippen LogP) is 2.29. The second-order valence-corrected chi connectivity index (χ2v) is 7.77. The number of fused-ring (bicyclic) bond motifs is 1. The Morgan fingerprint density at radius 3 is 2.47 bits per heavy atom. The molecule has 30 heavy (non-hydrogen) atoms. The van der Waals surface area contributed by atoms with E-state index in [0.29, 0.717) is 38.2 Å². The minimum atomic E-state index is -0.919. The molecule has 2 saturated heterocycles. The Hall–Kier alpha value is -3.68. The van der Waals surface area contributed by atoms with Gasteiger partial charge in [0.25, 0.3) is 11.8 Å². The highest BCUT2D eigenvalue weighted by Gasteiger charge is 2.54. The molecule has 8 nitrogen and oxygen atoms in total. The summed E-state index contributed by atoms with van der Waals surface area (Å²) in [6.45, 7) is 1.12. The van der Waals surface area contributed by atoms with Crippen molar-refractivity contribution in [3.8, 4) is 0 Å². The van der Waals surface area contributed by atoms with Gasteiger partial charge in [0.15, 0.2) is 5.69 Å². The number of likely N-dealkylation sites (tertiary alicyclic amines) is 1. The number of imide groups is 1. The summed E-state index contributed by atoms with van der Waals surface area (Å²) in [5, 5.41) is 10.3. The van der Waals surface area contributed by atoms with Gasteiger partial charge < -0.3 is 9.80 Å². The number of nitrogens with zero attached hydrogens (tertiary/aromatic N) is 3. The average molecular weight is 403 g/mol. The topological polar surface area (TPSA) is 98.4 Å². The second-order valence-electron chi connectivity index (χ2n) is 7.77. The van der Waals surface area contributed by atoms with Crippen LogP contribution in [0.1, 0.15) is 28.9 Å². The zero-order chi connectivity index (χ0) is 20.7. The molecule has 152 valence electrons. The van der Waals surface area contributed by atoms with Crippen molar-refractivity contribution < 1.29 is 14.4 Å². The molecule has 2 N–H and O–H groups in total. The summed E-state index contributed by atoms with van der Waals surface area (Å²) in [5.74, 6) is -0.442. The number of aromatic amines is 1. The third-order valence-corrected chi connectivity index (χ3v) is 6.14. The molecule has 0 atom stereocenters. The molecule has 4 amide bonds. The maximum Gasteiger partial charge on any atom is 0.325 e. The van der Waals surface area contributed by atoms with E-state index in [4.69, 9.17) is 0 Å². The quantitative estimate of drug-likeness (QED) is 0.656. The first-order valence-electron chi connectivity index (χ1n) is 9.98. The summed E-state index contributed by atoms with van der Waals surface area (Å²) in [4.78, 5) is 41.7. The summed E-state index contributed by atoms with van der Waals surface area (Å²) < 4.78 is 0. The predicted molar refractivity (Wildman–Crippen MR) is 109 cm³/mol. The first-order chi connectivity index (χ1) is 14.6. The van der Waals surface area contributed by atoms with E-state index in [-0.39, 0.29) is 17.8 Å². The van der Waals surface area contributed by atoms with Gasteiger partial charge in [-0.3, -0.25) is 20.0 Å². The molecular weight excluding hydrogens is 382 g/mol. The molecule has 0 radical (unpaired) electrons. The molecule has 8 heteroatoms. The van der Waals surface area contributed by atoms with Gasteiger partial charge in [-0.05, 0) is 24.5 Å². The Kier molecular flexibility index (Phi) is 4.27. The van der Waals surface area contributed by atoms with E-state index in [1.165, 1.54) is 0 Å². The number of carbonyl (C=O) groups is 3. The summed E-state index contributed by atoms with van der Waals surface area (Å²) in [5.41, 5.74) is 1.24. The van der Waals surface area contributed by atoms with E-state index >= 15 is 0 Å². The first-order valence-corrected chi connectivity index (χ1v) is 9.98. The van der Waals surface area contributed by atoms with Gasteiger partial charge in [0.1, 0.15) is 5.54 Å². The Balaban J connectivity index is 1.36. The fourth-order valence-corrected chi connectivity index (χ4v) is 4.44. The number of H-pyrrole nitrogens is 1. The third-order valence-electron chi connectivity index (χ3n) is 6.14. The highest BCUT2D eigenvalue weighted by Crippen LogP contribution is 2.35. The van der Waals surface area contributed by atoms with Gasteiger partial charge in [-0.15, -0.1) is 0 Å². The normalized spacial score (nSPS) is 18.3. The van der Waals surface area contributed by atoms with Gasteiger partial charge in [-0.25, -0.2) is 4.79 Å². The number of piperidine rings is 1. The summed E-state index contributed by atoms with van der Waals surface area (Å²) in [7, 11) is 0. The fraction of sp³-hybridized carbons (Fsp3) is 0.273. The van der Waals surface area contributed by atoms with Gasteiger partial charge >= 0.3 is 6.03 Å². The Morgan fingerprint density at radius 2 is 1.70 bits per heavy atom. The molecule has 5 rings (SSSR count). The molecular formula is C22H21N5O3. The molecule has 1 aromatic heterocycles. The molecule has 0 bridgehead atoms. The smallest absolute Gasteiger partial charge is 0.325 e. The van der Waals surface area contributed by atoms with Crippen LogP contribution >= 0.6 is 0 Å². The number of para-hydroxylation sites is 1. The second kappa shape index (κ2) is 6.98. The van der Waals surface area contributed by atoms with Crippen molar-refractivity contribution in [2.24, 2.45) is 0 Å². The lowest BCUT2D eigenvalue weighted by Crippen LogP contribution is -2.57. The minimum Gasteiger partial charge on any atom is -0.337 e. The minimum absolute atomic E-state index is 0.165. The van der Waals surface area contributed by atoms with Crippen LogP contribution in [-0.4, -0.2) is 56.5 Å². The number of benzene rings is 2. The number of amides is 4. The number of carbonyl (C=O) groups excluding carboxylic acids is 3. The molecule has 3 aromatic rings. The molecule has 0 saturated carbocycles. The van der Waals surface area contributed by atoms with Gasteiger partial charge in [-0.1, -0.05) is 48.5 Å². The van der Waals surface area contributed by atoms with E-state index in [1.807, 2.05) is 54.6 Å². The van der Waals surface area contributed by atoms with Gasteiger partial charge in [0.2, 0.25) is 0 Å². The van der Waals surface area contributed by atoms with E-state index < -0.39 is 5.54 Å². The van der Waals surface area contributed by atoms with Crippen LogP contribution in [0.25, 0.3) is 10.9 Å². The number of hydrogen-bond acceptors (Lipinski definition) is 4. The van der Waals surface area contributed by atoms with Crippen LogP contribution in [0, 0.1) is 0 Å². The zero-order valence-electron chi connectivity index (χ0n) is 16.3. The van der Waals surface area contributed by atoms with Crippen LogP contribution in [0.5, 0.6) is 0 Å². The lowest BCUT2D eigenvalue weighted by Gasteiger charge is -2.42. The largest absolute Gasteiger partial charge is 0.337 e. The number of rotatable bonds is 3. The number of aromatic nitrogens is 2. The summed E-state index contributed by atoms with van der Waals surface area (Å²) in [6.07, 6.45) is 0.789. The van der Waals surface area contributed by atoms with Crippen LogP contribution in [0.2, 0.25) is 0 Å². The van der Waals surface area contributed by atoms with Crippen LogP contribution in [-0.2, 0) is 11.3 Å². The maximum atomic E-state index is 13.1. The molecule has 2 fully saturated rings.